The molecule has 0 aliphatic carbocycles. The van der Waals surface area contributed by atoms with Crippen LogP contribution in [0.25, 0.3) is 11.4 Å². The zero-order valence-electron chi connectivity index (χ0n) is 14.4. The van der Waals surface area contributed by atoms with Gasteiger partial charge in [0.25, 0.3) is 0 Å². The van der Waals surface area contributed by atoms with Gasteiger partial charge in [0, 0.05) is 24.0 Å². The Hall–Kier alpha value is -2.99. The normalized spacial score (nSPS) is 11.6. The van der Waals surface area contributed by atoms with Crippen LogP contribution < -0.4 is 5.32 Å². The Morgan fingerprint density at radius 3 is 2.66 bits per heavy atom. The van der Waals surface area contributed by atoms with Crippen molar-refractivity contribution in [3.63, 3.8) is 0 Å². The molecule has 0 unspecified atom stereocenters. The van der Waals surface area contributed by atoms with Crippen molar-refractivity contribution in [1.82, 2.24) is 25.1 Å². The predicted molar refractivity (Wildman–Crippen MR) is 100 cm³/mol. The van der Waals surface area contributed by atoms with Gasteiger partial charge in [0.15, 0.2) is 10.2 Å². The van der Waals surface area contributed by atoms with Gasteiger partial charge in [0.2, 0.25) is 5.13 Å². The Balaban J connectivity index is 1.56. The Bertz CT molecular complexity index is 1090. The zero-order valence-corrected chi connectivity index (χ0v) is 16.1. The standard InChI is InChI=1S/C17H11F3N6OS2/c18-17(19,20)12-8-13(24-14(23-12)10-3-5-21-6-4-10)28-16-26-25-15(29-16)22-9-11-2-1-7-27-11/h1-8H,9H2,(H,22,25). The van der Waals surface area contributed by atoms with Gasteiger partial charge in [-0.1, -0.05) is 11.3 Å². The summed E-state index contributed by atoms with van der Waals surface area (Å²) in [4.78, 5) is 11.7. The quantitative estimate of drug-likeness (QED) is 0.433. The van der Waals surface area contributed by atoms with Crippen LogP contribution in [-0.2, 0) is 12.7 Å². The second-order valence-corrected chi connectivity index (χ2v) is 7.80. The molecule has 0 spiro atoms. The van der Waals surface area contributed by atoms with E-state index in [-0.39, 0.29) is 10.9 Å². The summed E-state index contributed by atoms with van der Waals surface area (Å²) in [5.74, 6) is 0.687. The molecule has 4 heterocycles. The van der Waals surface area contributed by atoms with Gasteiger partial charge in [-0.3, -0.25) is 4.98 Å². The number of nitrogens with zero attached hydrogens (tertiary/aromatic N) is 5. The molecule has 4 aromatic heterocycles. The first-order chi connectivity index (χ1) is 14.0. The predicted octanol–water partition coefficient (Wildman–Crippen LogP) is 4.77. The summed E-state index contributed by atoms with van der Waals surface area (Å²) < 4.78 is 45.5. The van der Waals surface area contributed by atoms with Gasteiger partial charge in [-0.25, -0.2) is 9.97 Å². The first kappa shape index (κ1) is 19.3. The molecular weight excluding hydrogens is 425 g/mol. The highest BCUT2D eigenvalue weighted by Crippen LogP contribution is 2.35. The van der Waals surface area contributed by atoms with Gasteiger partial charge in [0.05, 0.1) is 12.8 Å². The number of rotatable bonds is 6. The Kier molecular flexibility index (Phi) is 5.45. The van der Waals surface area contributed by atoms with E-state index in [2.05, 4.69) is 30.5 Å². The maximum absolute atomic E-state index is 13.3. The van der Waals surface area contributed by atoms with Crippen molar-refractivity contribution >= 4 is 28.2 Å². The number of aromatic nitrogens is 5. The van der Waals surface area contributed by atoms with Crippen LogP contribution in [0.5, 0.6) is 0 Å². The molecule has 7 nitrogen and oxygen atoms in total. The van der Waals surface area contributed by atoms with Crippen molar-refractivity contribution in [3.05, 3.63) is 60.4 Å². The molecule has 12 heteroatoms. The summed E-state index contributed by atoms with van der Waals surface area (Å²) in [7, 11) is 0. The van der Waals surface area contributed by atoms with Crippen LogP contribution in [0.2, 0.25) is 0 Å². The lowest BCUT2D eigenvalue weighted by Gasteiger charge is -2.09. The van der Waals surface area contributed by atoms with Gasteiger partial charge in [-0.2, -0.15) is 13.2 Å². The van der Waals surface area contributed by atoms with Crippen molar-refractivity contribution < 1.29 is 17.6 Å². The maximum atomic E-state index is 13.3. The van der Waals surface area contributed by atoms with Crippen LogP contribution in [-0.4, -0.2) is 25.1 Å². The minimum Gasteiger partial charge on any atom is -0.467 e. The maximum Gasteiger partial charge on any atom is 0.433 e. The third-order valence-electron chi connectivity index (χ3n) is 3.52. The second kappa shape index (κ2) is 8.17. The SMILES string of the molecule is FC(F)(F)c1cc(Sc2nnc(NCc3ccco3)s2)nc(-c2ccncc2)n1. The molecule has 148 valence electrons. The van der Waals surface area contributed by atoms with E-state index in [0.29, 0.717) is 21.6 Å². The van der Waals surface area contributed by atoms with E-state index in [1.54, 1.807) is 24.5 Å². The van der Waals surface area contributed by atoms with E-state index >= 15 is 0 Å². The van der Waals surface area contributed by atoms with Gasteiger partial charge in [-0.15, -0.1) is 10.2 Å². The molecular formula is C17H11F3N6OS2. The van der Waals surface area contributed by atoms with Crippen LogP contribution >= 0.6 is 23.1 Å². The molecule has 0 fully saturated rings. The Labute approximate surface area is 170 Å². The van der Waals surface area contributed by atoms with Crippen molar-refractivity contribution in [2.45, 2.75) is 22.1 Å². The van der Waals surface area contributed by atoms with Gasteiger partial charge >= 0.3 is 6.18 Å². The minimum atomic E-state index is -4.60. The second-order valence-electron chi connectivity index (χ2n) is 5.56. The fourth-order valence-corrected chi connectivity index (χ4v) is 3.94. The summed E-state index contributed by atoms with van der Waals surface area (Å²) in [5.41, 5.74) is -0.589. The first-order valence-electron chi connectivity index (χ1n) is 8.12. The summed E-state index contributed by atoms with van der Waals surface area (Å²) in [6, 6.07) is 7.57. The molecule has 0 amide bonds. The third-order valence-corrected chi connectivity index (χ3v) is 5.37. The molecule has 0 saturated carbocycles. The van der Waals surface area contributed by atoms with E-state index in [1.807, 2.05) is 6.07 Å². The molecule has 29 heavy (non-hydrogen) atoms. The molecule has 1 N–H and O–H groups in total. The van der Waals surface area contributed by atoms with Gasteiger partial charge in [0.1, 0.15) is 16.5 Å². The molecule has 0 saturated heterocycles. The molecule has 0 radical (unpaired) electrons. The number of nitrogens with one attached hydrogen (secondary N) is 1. The fourth-order valence-electron chi connectivity index (χ4n) is 2.24. The summed E-state index contributed by atoms with van der Waals surface area (Å²) in [6.07, 6.45) is -0.107. The van der Waals surface area contributed by atoms with Crippen molar-refractivity contribution in [3.8, 4) is 11.4 Å². The van der Waals surface area contributed by atoms with Gasteiger partial charge < -0.3 is 9.73 Å². The minimum absolute atomic E-state index is 0.0367. The Morgan fingerprint density at radius 1 is 1.10 bits per heavy atom. The summed E-state index contributed by atoms with van der Waals surface area (Å²) in [6.45, 7) is 0.421. The smallest absolute Gasteiger partial charge is 0.433 e. The van der Waals surface area contributed by atoms with Crippen molar-refractivity contribution in [1.29, 1.82) is 0 Å². The monoisotopic (exact) mass is 436 g/mol. The van der Waals surface area contributed by atoms with E-state index in [4.69, 9.17) is 4.42 Å². The Morgan fingerprint density at radius 2 is 1.93 bits per heavy atom. The molecule has 0 aliphatic heterocycles. The highest BCUT2D eigenvalue weighted by molar-refractivity contribution is 8.01. The van der Waals surface area contributed by atoms with Gasteiger partial charge in [-0.05, 0) is 36.0 Å². The van der Waals surface area contributed by atoms with Crippen molar-refractivity contribution in [2.24, 2.45) is 0 Å². The number of hydrogen-bond donors (Lipinski definition) is 1. The molecule has 4 rings (SSSR count). The van der Waals surface area contributed by atoms with Crippen LogP contribution in [0.3, 0.4) is 0 Å². The highest BCUT2D eigenvalue weighted by atomic mass is 32.2. The molecule has 0 atom stereocenters. The highest BCUT2D eigenvalue weighted by Gasteiger charge is 2.34. The topological polar surface area (TPSA) is 89.6 Å². The molecule has 0 bridgehead atoms. The number of furan rings is 1. The number of pyridine rings is 1. The third kappa shape index (κ3) is 4.90. The van der Waals surface area contributed by atoms with Crippen LogP contribution in [0.1, 0.15) is 11.5 Å². The van der Waals surface area contributed by atoms with Crippen molar-refractivity contribution in [2.75, 3.05) is 5.32 Å². The lowest BCUT2D eigenvalue weighted by molar-refractivity contribution is -0.141. The van der Waals surface area contributed by atoms with E-state index in [0.717, 1.165) is 23.6 Å². The largest absolute Gasteiger partial charge is 0.467 e. The number of hydrogen-bond acceptors (Lipinski definition) is 9. The first-order valence-corrected chi connectivity index (χ1v) is 9.75. The molecule has 0 aliphatic rings. The molecule has 0 aromatic carbocycles. The fraction of sp³-hybridized carbons (Fsp3) is 0.118. The molecule has 4 aromatic rings. The average molecular weight is 436 g/mol. The average Bonchev–Trinajstić information content (AvgIpc) is 3.38. The lowest BCUT2D eigenvalue weighted by atomic mass is 10.2. The number of halogens is 3. The van der Waals surface area contributed by atoms with Crippen LogP contribution in [0.15, 0.2) is 62.8 Å². The summed E-state index contributed by atoms with van der Waals surface area (Å²) >= 11 is 2.19. The van der Waals surface area contributed by atoms with Crippen LogP contribution in [0, 0.1) is 0 Å². The number of alkyl halides is 3. The van der Waals surface area contributed by atoms with E-state index in [1.165, 1.54) is 23.7 Å². The lowest BCUT2D eigenvalue weighted by Crippen LogP contribution is -2.10. The number of anilines is 1. The van der Waals surface area contributed by atoms with Crippen LogP contribution in [0.4, 0.5) is 18.3 Å². The van der Waals surface area contributed by atoms with E-state index in [9.17, 15) is 13.2 Å². The van der Waals surface area contributed by atoms with E-state index < -0.39 is 11.9 Å². The summed E-state index contributed by atoms with van der Waals surface area (Å²) in [5, 5.41) is 11.7. The zero-order chi connectivity index (χ0) is 20.3.